The van der Waals surface area contributed by atoms with Crippen molar-refractivity contribution in [3.8, 4) is 0 Å². The van der Waals surface area contributed by atoms with Gasteiger partial charge in [-0.3, -0.25) is 0 Å². The molecule has 0 aliphatic rings. The Kier molecular flexibility index (Phi) is 8.78. The van der Waals surface area contributed by atoms with Crippen LogP contribution >= 0.6 is 23.5 Å². The van der Waals surface area contributed by atoms with Crippen molar-refractivity contribution in [2.75, 3.05) is 38.0 Å². The monoisotopic (exact) mass is 596 g/mol. The molecule has 0 heterocycles. The molecule has 0 atom stereocenters. The second-order valence-corrected chi connectivity index (χ2v) is 13.8. The van der Waals surface area contributed by atoms with Crippen LogP contribution in [0.15, 0.2) is 149 Å². The van der Waals surface area contributed by atoms with E-state index < -0.39 is 0 Å². The zero-order chi connectivity index (χ0) is 29.8. The van der Waals surface area contributed by atoms with Gasteiger partial charge in [-0.1, -0.05) is 91.0 Å². The Hall–Kier alpha value is -4.12. The number of anilines is 2. The van der Waals surface area contributed by atoms with Gasteiger partial charge in [0.25, 0.3) is 0 Å². The molecule has 0 aliphatic carbocycles. The van der Waals surface area contributed by atoms with Crippen LogP contribution in [0.5, 0.6) is 0 Å². The third-order valence-corrected chi connectivity index (χ3v) is 10.0. The first-order valence-electron chi connectivity index (χ1n) is 14.5. The zero-order valence-corrected chi connectivity index (χ0v) is 26.7. The van der Waals surface area contributed by atoms with E-state index in [1.807, 2.05) is 23.5 Å². The number of fused-ring (bicyclic) bond motifs is 2. The van der Waals surface area contributed by atoms with E-state index in [1.54, 1.807) is 0 Å². The first-order chi connectivity index (χ1) is 20.9. The fraction of sp³-hybridized carbons (Fsp3) is 0.128. The largest absolute Gasteiger partial charge is 0.378 e. The van der Waals surface area contributed by atoms with Gasteiger partial charge in [-0.25, -0.2) is 0 Å². The Morgan fingerprint density at radius 3 is 1.28 bits per heavy atom. The standard InChI is InChI=1S/C39H36N2S2/c1-40(2)34-19-13-30(14-20-34)38(31-15-21-35(22-16-31)41(3)4)27-39(42-36-23-17-28-9-5-7-11-32(28)25-36)43-37-24-18-29-10-6-8-12-33(29)26-37/h5-27,39H,1-4H3. The van der Waals surface area contributed by atoms with E-state index in [-0.39, 0.29) is 4.58 Å². The average Bonchev–Trinajstić information content (AvgIpc) is 3.03. The van der Waals surface area contributed by atoms with Crippen molar-refractivity contribution >= 4 is 62.0 Å². The maximum Gasteiger partial charge on any atom is 0.0785 e. The van der Waals surface area contributed by atoms with Crippen LogP contribution < -0.4 is 9.80 Å². The number of hydrogen-bond acceptors (Lipinski definition) is 4. The molecular weight excluding hydrogens is 561 g/mol. The molecule has 43 heavy (non-hydrogen) atoms. The summed E-state index contributed by atoms with van der Waals surface area (Å²) in [6, 6.07) is 48.6. The third kappa shape index (κ3) is 6.93. The van der Waals surface area contributed by atoms with E-state index in [4.69, 9.17) is 0 Å². The van der Waals surface area contributed by atoms with E-state index >= 15 is 0 Å². The Morgan fingerprint density at radius 2 is 0.884 bits per heavy atom. The Bertz CT molecular complexity index is 1740. The summed E-state index contributed by atoms with van der Waals surface area (Å²) < 4.78 is 0.138. The fourth-order valence-electron chi connectivity index (χ4n) is 5.22. The lowest BCUT2D eigenvalue weighted by atomic mass is 9.97. The van der Waals surface area contributed by atoms with Crippen LogP contribution in [0.2, 0.25) is 0 Å². The maximum absolute atomic E-state index is 2.45. The van der Waals surface area contributed by atoms with Crippen LogP contribution in [0, 0.1) is 0 Å². The van der Waals surface area contributed by atoms with Gasteiger partial charge in [0, 0.05) is 49.4 Å². The zero-order valence-electron chi connectivity index (χ0n) is 25.1. The van der Waals surface area contributed by atoms with Crippen molar-refractivity contribution in [3.05, 3.63) is 151 Å². The van der Waals surface area contributed by atoms with E-state index in [0.29, 0.717) is 0 Å². The van der Waals surface area contributed by atoms with Gasteiger partial charge in [0.15, 0.2) is 0 Å². The molecule has 0 amide bonds. The molecule has 6 aromatic rings. The molecule has 0 fully saturated rings. The smallest absolute Gasteiger partial charge is 0.0785 e. The molecule has 0 bridgehead atoms. The summed E-state index contributed by atoms with van der Waals surface area (Å²) in [5.41, 5.74) is 6.05. The van der Waals surface area contributed by atoms with Crippen molar-refractivity contribution in [2.24, 2.45) is 0 Å². The topological polar surface area (TPSA) is 6.48 Å². The lowest BCUT2D eigenvalue weighted by molar-refractivity contribution is 1.13. The minimum Gasteiger partial charge on any atom is -0.378 e. The molecule has 6 aromatic carbocycles. The van der Waals surface area contributed by atoms with E-state index in [2.05, 4.69) is 178 Å². The number of benzene rings is 6. The first kappa shape index (κ1) is 29.0. The molecule has 0 saturated heterocycles. The van der Waals surface area contributed by atoms with Gasteiger partial charge in [-0.15, -0.1) is 23.5 Å². The Labute approximate surface area is 264 Å². The minimum atomic E-state index is 0.138. The van der Waals surface area contributed by atoms with Crippen molar-refractivity contribution < 1.29 is 0 Å². The molecule has 0 aliphatic heterocycles. The average molecular weight is 597 g/mol. The lowest BCUT2D eigenvalue weighted by Gasteiger charge is -2.19. The van der Waals surface area contributed by atoms with Gasteiger partial charge >= 0.3 is 0 Å². The van der Waals surface area contributed by atoms with Crippen molar-refractivity contribution in [1.82, 2.24) is 0 Å². The molecule has 0 saturated carbocycles. The molecule has 6 rings (SSSR count). The second-order valence-electron chi connectivity index (χ2n) is 11.1. The number of rotatable bonds is 9. The van der Waals surface area contributed by atoms with Crippen molar-refractivity contribution in [1.29, 1.82) is 0 Å². The molecule has 0 spiro atoms. The number of nitrogens with zero attached hydrogens (tertiary/aromatic N) is 2. The molecule has 4 heteroatoms. The highest BCUT2D eigenvalue weighted by molar-refractivity contribution is 8.17. The number of thioether (sulfide) groups is 2. The van der Waals surface area contributed by atoms with E-state index in [9.17, 15) is 0 Å². The summed E-state index contributed by atoms with van der Waals surface area (Å²) in [4.78, 5) is 6.82. The predicted molar refractivity (Wildman–Crippen MR) is 192 cm³/mol. The Balaban J connectivity index is 1.44. The summed E-state index contributed by atoms with van der Waals surface area (Å²) in [5, 5.41) is 5.07. The van der Waals surface area contributed by atoms with Crippen molar-refractivity contribution in [2.45, 2.75) is 14.4 Å². The SMILES string of the molecule is CN(C)c1ccc(C(=CC(Sc2ccc3ccccc3c2)Sc2ccc3ccccc3c2)c2ccc(N(C)C)cc2)cc1. The van der Waals surface area contributed by atoms with Gasteiger partial charge in [0.2, 0.25) is 0 Å². The third-order valence-electron chi connectivity index (χ3n) is 7.64. The predicted octanol–water partition coefficient (Wildman–Crippen LogP) is 10.5. The number of hydrogen-bond donors (Lipinski definition) is 0. The summed E-state index contributed by atoms with van der Waals surface area (Å²) in [6.07, 6.45) is 2.45. The molecule has 2 nitrogen and oxygen atoms in total. The van der Waals surface area contributed by atoms with E-state index in [0.717, 1.165) is 0 Å². The highest BCUT2D eigenvalue weighted by atomic mass is 32.2. The van der Waals surface area contributed by atoms with Gasteiger partial charge in [-0.2, -0.15) is 0 Å². The molecule has 0 radical (unpaired) electrons. The normalized spacial score (nSPS) is 11.2. The van der Waals surface area contributed by atoms with Crippen LogP contribution in [0.4, 0.5) is 11.4 Å². The van der Waals surface area contributed by atoms with Gasteiger partial charge in [0.1, 0.15) is 0 Å². The molecule has 214 valence electrons. The van der Waals surface area contributed by atoms with Crippen LogP contribution in [0.1, 0.15) is 11.1 Å². The minimum absolute atomic E-state index is 0.138. The van der Waals surface area contributed by atoms with Gasteiger partial charge < -0.3 is 9.80 Å². The maximum atomic E-state index is 2.45. The summed E-state index contributed by atoms with van der Waals surface area (Å²) in [7, 11) is 8.34. The molecule has 0 N–H and O–H groups in total. The molecular formula is C39H36N2S2. The van der Waals surface area contributed by atoms with Gasteiger partial charge in [0.05, 0.1) is 4.58 Å². The molecule has 0 aromatic heterocycles. The summed E-state index contributed by atoms with van der Waals surface area (Å²) in [6.45, 7) is 0. The highest BCUT2D eigenvalue weighted by Crippen LogP contribution is 2.41. The van der Waals surface area contributed by atoms with Crippen LogP contribution in [-0.4, -0.2) is 32.8 Å². The first-order valence-corrected chi connectivity index (χ1v) is 16.3. The van der Waals surface area contributed by atoms with Crippen LogP contribution in [0.3, 0.4) is 0 Å². The van der Waals surface area contributed by atoms with Crippen molar-refractivity contribution in [3.63, 3.8) is 0 Å². The van der Waals surface area contributed by atoms with Crippen LogP contribution in [-0.2, 0) is 0 Å². The Morgan fingerprint density at radius 1 is 0.488 bits per heavy atom. The summed E-state index contributed by atoms with van der Waals surface area (Å²) in [5.74, 6) is 0. The lowest BCUT2D eigenvalue weighted by Crippen LogP contribution is -2.08. The quantitative estimate of drug-likeness (QED) is 0.121. The van der Waals surface area contributed by atoms with Crippen LogP contribution in [0.25, 0.3) is 27.1 Å². The molecule has 0 unspecified atom stereocenters. The second kappa shape index (κ2) is 13.0. The van der Waals surface area contributed by atoms with Gasteiger partial charge in [-0.05, 0) is 86.8 Å². The summed E-state index contributed by atoms with van der Waals surface area (Å²) >= 11 is 3.82. The fourth-order valence-corrected chi connectivity index (χ4v) is 7.70. The van der Waals surface area contributed by atoms with E-state index in [1.165, 1.54) is 59.4 Å². The highest BCUT2D eigenvalue weighted by Gasteiger charge is 2.16.